The first kappa shape index (κ1) is 18.6. The third kappa shape index (κ3) is 2.70. The third-order valence-electron chi connectivity index (χ3n) is 4.64. The summed E-state index contributed by atoms with van der Waals surface area (Å²) in [6, 6.07) is 9.73. The first-order chi connectivity index (χ1) is 13.5. The molecule has 2 amide bonds. The van der Waals surface area contributed by atoms with E-state index in [0.717, 1.165) is 4.90 Å². The second-order valence-electron chi connectivity index (χ2n) is 6.13. The van der Waals surface area contributed by atoms with Crippen molar-refractivity contribution in [1.29, 1.82) is 0 Å². The molecule has 1 saturated heterocycles. The van der Waals surface area contributed by atoms with Gasteiger partial charge in [-0.15, -0.1) is 0 Å². The highest BCUT2D eigenvalue weighted by Gasteiger charge is 2.57. The van der Waals surface area contributed by atoms with Gasteiger partial charge < -0.3 is 14.3 Å². The summed E-state index contributed by atoms with van der Waals surface area (Å²) in [7, 11) is 2.99. The van der Waals surface area contributed by atoms with Gasteiger partial charge in [-0.3, -0.25) is 9.59 Å². The Hall–Kier alpha value is -2.77. The van der Waals surface area contributed by atoms with Gasteiger partial charge in [-0.1, -0.05) is 34.4 Å². The van der Waals surface area contributed by atoms with E-state index in [1.807, 2.05) is 0 Å². The predicted molar refractivity (Wildman–Crippen MR) is 103 cm³/mol. The van der Waals surface area contributed by atoms with Crippen molar-refractivity contribution in [3.05, 3.63) is 52.0 Å². The van der Waals surface area contributed by atoms with Gasteiger partial charge in [0, 0.05) is 10.6 Å². The molecule has 0 bridgehead atoms. The number of methoxy groups -OCH3 is 2. The smallest absolute Gasteiger partial charge is 0.279 e. The van der Waals surface area contributed by atoms with Crippen LogP contribution < -0.4 is 14.4 Å². The highest BCUT2D eigenvalue weighted by atomic mass is 35.5. The molecule has 9 heteroatoms. The first-order valence-corrected chi connectivity index (χ1v) is 9.01. The minimum Gasteiger partial charge on any atom is -0.493 e. The van der Waals surface area contributed by atoms with Gasteiger partial charge in [-0.2, -0.15) is 0 Å². The van der Waals surface area contributed by atoms with E-state index in [1.165, 1.54) is 26.4 Å². The Morgan fingerprint density at radius 1 is 1.07 bits per heavy atom. The number of hydrogen-bond acceptors (Lipinski definition) is 6. The molecule has 28 heavy (non-hydrogen) atoms. The normalized spacial score (nSPS) is 20.7. The fraction of sp³-hybridized carbons (Fsp3) is 0.211. The van der Waals surface area contributed by atoms with Gasteiger partial charge in [0.05, 0.1) is 24.9 Å². The summed E-state index contributed by atoms with van der Waals surface area (Å²) in [5.41, 5.74) is 1.01. The number of amides is 2. The Morgan fingerprint density at radius 2 is 1.86 bits per heavy atom. The number of oxime groups is 1. The lowest BCUT2D eigenvalue weighted by molar-refractivity contribution is -0.126. The van der Waals surface area contributed by atoms with Crippen LogP contribution in [0.3, 0.4) is 0 Å². The number of carbonyl (C=O) groups excluding carboxylic acids is 2. The molecule has 2 aromatic carbocycles. The summed E-state index contributed by atoms with van der Waals surface area (Å²) in [6.45, 7) is 0. The minimum absolute atomic E-state index is 0.208. The van der Waals surface area contributed by atoms with Crippen molar-refractivity contribution in [3.63, 3.8) is 0 Å². The Balaban J connectivity index is 1.77. The number of nitrogens with zero attached hydrogens (tertiary/aromatic N) is 2. The maximum atomic E-state index is 13.2. The van der Waals surface area contributed by atoms with Crippen LogP contribution in [0.4, 0.5) is 5.69 Å². The quantitative estimate of drug-likeness (QED) is 0.709. The Morgan fingerprint density at radius 3 is 2.57 bits per heavy atom. The number of benzene rings is 2. The van der Waals surface area contributed by atoms with E-state index >= 15 is 0 Å². The lowest BCUT2D eigenvalue weighted by Gasteiger charge is -2.17. The molecule has 0 radical (unpaired) electrons. The van der Waals surface area contributed by atoms with Gasteiger partial charge in [0.25, 0.3) is 5.91 Å². The van der Waals surface area contributed by atoms with E-state index in [0.29, 0.717) is 27.8 Å². The zero-order valence-electron chi connectivity index (χ0n) is 14.8. The standard InChI is InChI=1S/C19H14Cl2N2O5/c1-26-13-5-3-4-10(16(13)27-2)15-14-17(28-22-15)19(25)23(18(14)24)12-8-9(20)6-7-11(12)21/h3-8,14,17H,1-2H3/t14-,17-/m1/s1. The zero-order chi connectivity index (χ0) is 20.0. The van der Waals surface area contributed by atoms with Crippen molar-refractivity contribution in [2.45, 2.75) is 6.10 Å². The number of halogens is 2. The minimum atomic E-state index is -1.08. The summed E-state index contributed by atoms with van der Waals surface area (Å²) in [5, 5.41) is 4.57. The first-order valence-electron chi connectivity index (χ1n) is 8.26. The molecule has 2 aromatic rings. The fourth-order valence-electron chi connectivity index (χ4n) is 3.38. The van der Waals surface area contributed by atoms with Crippen LogP contribution in [0.1, 0.15) is 5.56 Å². The number of hydrogen-bond donors (Lipinski definition) is 0. The van der Waals surface area contributed by atoms with Crippen LogP contribution in [-0.2, 0) is 14.4 Å². The van der Waals surface area contributed by atoms with Crippen molar-refractivity contribution >= 4 is 46.4 Å². The molecule has 0 spiro atoms. The second-order valence-corrected chi connectivity index (χ2v) is 6.97. The maximum Gasteiger partial charge on any atom is 0.279 e. The molecule has 144 valence electrons. The number of rotatable bonds is 4. The lowest BCUT2D eigenvalue weighted by Crippen LogP contribution is -2.33. The van der Waals surface area contributed by atoms with Crippen LogP contribution in [0.2, 0.25) is 10.0 Å². The molecule has 0 saturated carbocycles. The maximum absolute atomic E-state index is 13.2. The van der Waals surface area contributed by atoms with Crippen LogP contribution in [0.25, 0.3) is 0 Å². The van der Waals surface area contributed by atoms with Crippen molar-refractivity contribution < 1.29 is 23.9 Å². The van der Waals surface area contributed by atoms with Crippen LogP contribution in [0, 0.1) is 5.92 Å². The highest BCUT2D eigenvalue weighted by molar-refractivity contribution is 6.39. The lowest BCUT2D eigenvalue weighted by atomic mass is 9.93. The third-order valence-corrected chi connectivity index (χ3v) is 5.19. The number of anilines is 1. The molecular formula is C19H14Cl2N2O5. The van der Waals surface area contributed by atoms with Gasteiger partial charge in [-0.05, 0) is 30.3 Å². The van der Waals surface area contributed by atoms with Crippen molar-refractivity contribution in [2.75, 3.05) is 19.1 Å². The average molecular weight is 421 g/mol. The molecule has 7 nitrogen and oxygen atoms in total. The summed E-state index contributed by atoms with van der Waals surface area (Å²) >= 11 is 12.2. The largest absolute Gasteiger partial charge is 0.493 e. The van der Waals surface area contributed by atoms with Crippen molar-refractivity contribution in [2.24, 2.45) is 11.1 Å². The fourth-order valence-corrected chi connectivity index (χ4v) is 3.75. The van der Waals surface area contributed by atoms with E-state index in [2.05, 4.69) is 5.16 Å². The van der Waals surface area contributed by atoms with E-state index in [9.17, 15) is 9.59 Å². The van der Waals surface area contributed by atoms with Gasteiger partial charge in [0.2, 0.25) is 12.0 Å². The van der Waals surface area contributed by atoms with Crippen LogP contribution in [0.15, 0.2) is 41.6 Å². The van der Waals surface area contributed by atoms with Gasteiger partial charge >= 0.3 is 0 Å². The summed E-state index contributed by atoms with van der Waals surface area (Å²) in [4.78, 5) is 32.4. The molecule has 2 heterocycles. The van der Waals surface area contributed by atoms with Crippen LogP contribution in [-0.4, -0.2) is 37.8 Å². The molecule has 2 aliphatic rings. The molecule has 2 atom stereocenters. The Labute approximate surface area is 170 Å². The molecule has 1 fully saturated rings. The SMILES string of the molecule is COc1cccc(C2=NO[C@H]3C(=O)N(c4cc(Cl)ccc4Cl)C(=O)[C@H]23)c1OC. The topological polar surface area (TPSA) is 77.4 Å². The average Bonchev–Trinajstić information content (AvgIpc) is 3.23. The molecule has 0 unspecified atom stereocenters. The molecule has 2 aliphatic heterocycles. The van der Waals surface area contributed by atoms with Gasteiger partial charge in [-0.25, -0.2) is 4.90 Å². The molecule has 0 aliphatic carbocycles. The van der Waals surface area contributed by atoms with Gasteiger partial charge in [0.1, 0.15) is 11.6 Å². The zero-order valence-corrected chi connectivity index (χ0v) is 16.3. The van der Waals surface area contributed by atoms with E-state index in [1.54, 1.807) is 24.3 Å². The Kier molecular flexibility index (Phi) is 4.64. The van der Waals surface area contributed by atoms with Crippen molar-refractivity contribution in [1.82, 2.24) is 0 Å². The monoisotopic (exact) mass is 420 g/mol. The molecule has 0 aromatic heterocycles. The second kappa shape index (κ2) is 7.00. The number of para-hydroxylation sites is 1. The Bertz CT molecular complexity index is 1020. The number of fused-ring (bicyclic) bond motifs is 1. The van der Waals surface area contributed by atoms with Crippen molar-refractivity contribution in [3.8, 4) is 11.5 Å². The molecule has 0 N–H and O–H groups in total. The van der Waals surface area contributed by atoms with Gasteiger partial charge in [0.15, 0.2) is 11.5 Å². The number of carbonyl (C=O) groups is 2. The summed E-state index contributed by atoms with van der Waals surface area (Å²) < 4.78 is 10.7. The molecular weight excluding hydrogens is 407 g/mol. The van der Waals surface area contributed by atoms with Crippen LogP contribution in [0.5, 0.6) is 11.5 Å². The predicted octanol–water partition coefficient (Wildman–Crippen LogP) is 3.30. The number of ether oxygens (including phenoxy) is 2. The summed E-state index contributed by atoms with van der Waals surface area (Å²) in [6.07, 6.45) is -1.08. The van der Waals surface area contributed by atoms with E-state index < -0.39 is 23.8 Å². The van der Waals surface area contributed by atoms with E-state index in [-0.39, 0.29) is 10.7 Å². The van der Waals surface area contributed by atoms with Crippen LogP contribution >= 0.6 is 23.2 Å². The highest BCUT2D eigenvalue weighted by Crippen LogP contribution is 2.41. The molecule has 4 rings (SSSR count). The number of imide groups is 1. The summed E-state index contributed by atoms with van der Waals surface area (Å²) in [5.74, 6) is -1.12. The van der Waals surface area contributed by atoms with E-state index in [4.69, 9.17) is 37.5 Å².